The molecule has 0 aromatic rings. The Morgan fingerprint density at radius 3 is 2.53 bits per heavy atom. The van der Waals surface area contributed by atoms with E-state index in [-0.39, 0.29) is 11.9 Å². The standard InChI is InChI=1S/C12H17NO2/c1-9(2)12(8-15-11(4)14)6-5-10(3)7-13/h5,12H,1,6,8H2,2-4H3/b10-5+. The summed E-state index contributed by atoms with van der Waals surface area (Å²) in [5, 5.41) is 8.58. The third-order valence-corrected chi connectivity index (χ3v) is 2.07. The van der Waals surface area contributed by atoms with Gasteiger partial charge < -0.3 is 4.74 Å². The molecule has 0 heterocycles. The van der Waals surface area contributed by atoms with Crippen LogP contribution in [0.3, 0.4) is 0 Å². The van der Waals surface area contributed by atoms with Crippen LogP contribution in [0.15, 0.2) is 23.8 Å². The van der Waals surface area contributed by atoms with Crippen molar-refractivity contribution in [2.24, 2.45) is 5.92 Å². The molecular weight excluding hydrogens is 190 g/mol. The molecule has 0 aliphatic rings. The molecule has 1 unspecified atom stereocenters. The Kier molecular flexibility index (Phi) is 6.12. The molecule has 0 saturated carbocycles. The van der Waals surface area contributed by atoms with E-state index in [0.29, 0.717) is 18.6 Å². The van der Waals surface area contributed by atoms with Crippen LogP contribution >= 0.6 is 0 Å². The third-order valence-electron chi connectivity index (χ3n) is 2.07. The quantitative estimate of drug-likeness (QED) is 0.395. The molecule has 0 aliphatic carbocycles. The first-order valence-corrected chi connectivity index (χ1v) is 4.83. The Hall–Kier alpha value is -1.56. The molecule has 15 heavy (non-hydrogen) atoms. The highest BCUT2D eigenvalue weighted by Crippen LogP contribution is 2.15. The minimum atomic E-state index is -0.290. The summed E-state index contributed by atoms with van der Waals surface area (Å²) in [6, 6.07) is 2.05. The van der Waals surface area contributed by atoms with Crippen molar-refractivity contribution >= 4 is 5.97 Å². The number of nitriles is 1. The predicted octanol–water partition coefficient (Wildman–Crippen LogP) is 2.60. The lowest BCUT2D eigenvalue weighted by molar-refractivity contribution is -0.141. The first kappa shape index (κ1) is 13.4. The fourth-order valence-electron chi connectivity index (χ4n) is 0.994. The van der Waals surface area contributed by atoms with Crippen molar-refractivity contribution in [2.75, 3.05) is 6.61 Å². The number of carbonyl (C=O) groups is 1. The molecule has 82 valence electrons. The van der Waals surface area contributed by atoms with E-state index in [9.17, 15) is 4.79 Å². The van der Waals surface area contributed by atoms with Gasteiger partial charge in [0.25, 0.3) is 0 Å². The molecule has 0 N–H and O–H groups in total. The SMILES string of the molecule is C=C(C)C(C/C=C(\C)C#N)COC(C)=O. The molecule has 0 aromatic heterocycles. The van der Waals surface area contributed by atoms with Gasteiger partial charge >= 0.3 is 5.97 Å². The van der Waals surface area contributed by atoms with Crippen molar-refractivity contribution in [2.45, 2.75) is 27.2 Å². The molecule has 0 amide bonds. The van der Waals surface area contributed by atoms with E-state index >= 15 is 0 Å². The molecule has 3 heteroatoms. The number of esters is 1. The normalized spacial score (nSPS) is 12.8. The smallest absolute Gasteiger partial charge is 0.302 e. The summed E-state index contributed by atoms with van der Waals surface area (Å²) < 4.78 is 4.92. The van der Waals surface area contributed by atoms with Gasteiger partial charge in [0.15, 0.2) is 0 Å². The summed E-state index contributed by atoms with van der Waals surface area (Å²) in [5.74, 6) is -0.195. The summed E-state index contributed by atoms with van der Waals surface area (Å²) in [6.07, 6.45) is 2.52. The summed E-state index contributed by atoms with van der Waals surface area (Å²) in [6.45, 7) is 9.19. The predicted molar refractivity (Wildman–Crippen MR) is 58.9 cm³/mol. The highest BCUT2D eigenvalue weighted by atomic mass is 16.5. The van der Waals surface area contributed by atoms with Crippen molar-refractivity contribution in [3.63, 3.8) is 0 Å². The zero-order valence-electron chi connectivity index (χ0n) is 9.54. The van der Waals surface area contributed by atoms with Crippen LogP contribution < -0.4 is 0 Å². The molecule has 1 atom stereocenters. The Morgan fingerprint density at radius 1 is 1.53 bits per heavy atom. The summed E-state index contributed by atoms with van der Waals surface area (Å²) in [5.41, 5.74) is 1.63. The molecule has 3 nitrogen and oxygen atoms in total. The largest absolute Gasteiger partial charge is 0.465 e. The number of nitrogens with zero attached hydrogens (tertiary/aromatic N) is 1. The van der Waals surface area contributed by atoms with Crippen LogP contribution in [0.2, 0.25) is 0 Å². The van der Waals surface area contributed by atoms with E-state index in [1.54, 1.807) is 6.92 Å². The van der Waals surface area contributed by atoms with E-state index < -0.39 is 0 Å². The van der Waals surface area contributed by atoms with Crippen LogP contribution in [-0.2, 0) is 9.53 Å². The van der Waals surface area contributed by atoms with Gasteiger partial charge in [-0.1, -0.05) is 18.2 Å². The van der Waals surface area contributed by atoms with Gasteiger partial charge in [-0.25, -0.2) is 0 Å². The van der Waals surface area contributed by atoms with Gasteiger partial charge in [0.05, 0.1) is 12.7 Å². The van der Waals surface area contributed by atoms with Gasteiger partial charge in [0.2, 0.25) is 0 Å². The van der Waals surface area contributed by atoms with Gasteiger partial charge in [-0.3, -0.25) is 4.79 Å². The van der Waals surface area contributed by atoms with Crippen molar-refractivity contribution in [3.8, 4) is 6.07 Å². The minimum absolute atomic E-state index is 0.0946. The molecule has 0 bridgehead atoms. The Morgan fingerprint density at radius 2 is 2.13 bits per heavy atom. The maximum Gasteiger partial charge on any atom is 0.302 e. The molecule has 0 saturated heterocycles. The Bertz CT molecular complexity index is 310. The zero-order chi connectivity index (χ0) is 11.8. The minimum Gasteiger partial charge on any atom is -0.465 e. The molecular formula is C12H17NO2. The average molecular weight is 207 g/mol. The Labute approximate surface area is 91.0 Å². The molecule has 0 aromatic carbocycles. The lowest BCUT2D eigenvalue weighted by Gasteiger charge is -2.14. The highest BCUT2D eigenvalue weighted by Gasteiger charge is 2.09. The average Bonchev–Trinajstić information content (AvgIpc) is 2.16. The number of carbonyl (C=O) groups excluding carboxylic acids is 1. The van der Waals surface area contributed by atoms with E-state index in [1.165, 1.54) is 6.92 Å². The van der Waals surface area contributed by atoms with Crippen LogP contribution in [0.4, 0.5) is 0 Å². The van der Waals surface area contributed by atoms with Gasteiger partial charge in [-0.15, -0.1) is 0 Å². The van der Waals surface area contributed by atoms with E-state index in [4.69, 9.17) is 10.00 Å². The molecule has 0 aliphatic heterocycles. The topological polar surface area (TPSA) is 50.1 Å². The van der Waals surface area contributed by atoms with Gasteiger partial charge in [0.1, 0.15) is 0 Å². The third kappa shape index (κ3) is 6.50. The van der Waals surface area contributed by atoms with E-state index in [2.05, 4.69) is 6.58 Å². The second-order valence-electron chi connectivity index (χ2n) is 3.58. The summed E-state index contributed by atoms with van der Waals surface area (Å²) in [4.78, 5) is 10.6. The van der Waals surface area contributed by atoms with Crippen molar-refractivity contribution < 1.29 is 9.53 Å². The van der Waals surface area contributed by atoms with Gasteiger partial charge in [-0.05, 0) is 20.3 Å². The zero-order valence-corrected chi connectivity index (χ0v) is 9.54. The van der Waals surface area contributed by atoms with E-state index in [1.807, 2.05) is 19.1 Å². The summed E-state index contributed by atoms with van der Waals surface area (Å²) >= 11 is 0. The number of rotatable bonds is 5. The second kappa shape index (κ2) is 6.83. The van der Waals surface area contributed by atoms with Crippen LogP contribution in [-0.4, -0.2) is 12.6 Å². The lowest BCUT2D eigenvalue weighted by atomic mass is 9.98. The number of hydrogen-bond donors (Lipinski definition) is 0. The summed E-state index contributed by atoms with van der Waals surface area (Å²) in [7, 11) is 0. The molecule has 0 spiro atoms. The first-order valence-electron chi connectivity index (χ1n) is 4.83. The fraction of sp³-hybridized carbons (Fsp3) is 0.500. The monoisotopic (exact) mass is 207 g/mol. The number of hydrogen-bond acceptors (Lipinski definition) is 3. The van der Waals surface area contributed by atoms with Crippen molar-refractivity contribution in [3.05, 3.63) is 23.8 Å². The fourth-order valence-corrected chi connectivity index (χ4v) is 0.994. The second-order valence-corrected chi connectivity index (χ2v) is 3.58. The first-order chi connectivity index (χ1) is 6.97. The maximum absolute atomic E-state index is 10.6. The number of ether oxygens (including phenoxy) is 1. The van der Waals surface area contributed by atoms with Crippen LogP contribution in [0.5, 0.6) is 0 Å². The highest BCUT2D eigenvalue weighted by molar-refractivity contribution is 5.65. The molecule has 0 fully saturated rings. The van der Waals surface area contributed by atoms with Gasteiger partial charge in [-0.2, -0.15) is 5.26 Å². The number of allylic oxidation sites excluding steroid dienone is 2. The van der Waals surface area contributed by atoms with Gasteiger partial charge in [0, 0.05) is 18.4 Å². The van der Waals surface area contributed by atoms with Crippen LogP contribution in [0, 0.1) is 17.2 Å². The lowest BCUT2D eigenvalue weighted by Crippen LogP contribution is -2.12. The van der Waals surface area contributed by atoms with Crippen LogP contribution in [0.1, 0.15) is 27.2 Å². The maximum atomic E-state index is 10.6. The molecule has 0 rings (SSSR count). The van der Waals surface area contributed by atoms with Crippen LogP contribution in [0.25, 0.3) is 0 Å². The Balaban J connectivity index is 4.24. The van der Waals surface area contributed by atoms with Crippen molar-refractivity contribution in [1.29, 1.82) is 5.26 Å². The molecule has 0 radical (unpaired) electrons. The van der Waals surface area contributed by atoms with Crippen molar-refractivity contribution in [1.82, 2.24) is 0 Å². The van der Waals surface area contributed by atoms with E-state index in [0.717, 1.165) is 5.57 Å².